The van der Waals surface area contributed by atoms with Gasteiger partial charge in [-0.2, -0.15) is 0 Å². The zero-order valence-corrected chi connectivity index (χ0v) is 16.6. The quantitative estimate of drug-likeness (QED) is 0.421. The van der Waals surface area contributed by atoms with Crippen molar-refractivity contribution in [2.45, 2.75) is 38.1 Å². The van der Waals surface area contributed by atoms with Crippen LogP contribution in [0.4, 0.5) is 0 Å². The standard InChI is InChI=1S/C19H27N3O.Na/c1-2-3-4-8-11-18(15-9-6-5-7-10-15)22-19(23)16-12-13-21-14-17(16)20;/h2,5-7,9-10,18,21H,1,3-4,8,11-14H2,(H3,20,22,23);/q;+1/p-1. The Morgan fingerprint density at radius 3 is 2.75 bits per heavy atom. The Morgan fingerprint density at radius 2 is 2.08 bits per heavy atom. The molecule has 24 heavy (non-hydrogen) atoms. The van der Waals surface area contributed by atoms with Gasteiger partial charge in [-0.1, -0.05) is 42.8 Å². The molecule has 1 heterocycles. The Labute approximate surface area is 167 Å². The summed E-state index contributed by atoms with van der Waals surface area (Å²) in [4.78, 5) is 12.5. The van der Waals surface area contributed by atoms with E-state index in [0.29, 0.717) is 24.2 Å². The summed E-state index contributed by atoms with van der Waals surface area (Å²) in [5.74, 6) is -0.0888. The number of hydrogen-bond acceptors (Lipinski definition) is 2. The largest absolute Gasteiger partial charge is 1.00 e. The molecule has 0 fully saturated rings. The van der Waals surface area contributed by atoms with Gasteiger partial charge in [0, 0.05) is 12.1 Å². The molecule has 2 rings (SSSR count). The van der Waals surface area contributed by atoms with Crippen molar-refractivity contribution in [2.24, 2.45) is 0 Å². The minimum atomic E-state index is -0.0888. The number of carbonyl (C=O) groups is 1. The molecule has 4 nitrogen and oxygen atoms in total. The van der Waals surface area contributed by atoms with E-state index in [1.807, 2.05) is 24.3 Å². The van der Waals surface area contributed by atoms with E-state index in [2.05, 4.69) is 29.3 Å². The topological polar surface area (TPSA) is 64.9 Å². The summed E-state index contributed by atoms with van der Waals surface area (Å²) in [6.07, 6.45) is 6.59. The van der Waals surface area contributed by atoms with Gasteiger partial charge in [-0.05, 0) is 37.8 Å². The molecule has 0 aromatic heterocycles. The Hall–Kier alpha value is -1.07. The van der Waals surface area contributed by atoms with Crippen LogP contribution < -0.4 is 40.2 Å². The molecule has 0 spiro atoms. The van der Waals surface area contributed by atoms with Crippen molar-refractivity contribution in [1.29, 1.82) is 0 Å². The maximum absolute atomic E-state index is 12.5. The number of benzene rings is 1. The summed E-state index contributed by atoms with van der Waals surface area (Å²) in [6.45, 7) is 5.00. The van der Waals surface area contributed by atoms with Crippen molar-refractivity contribution in [3.63, 3.8) is 0 Å². The zero-order chi connectivity index (χ0) is 16.5. The van der Waals surface area contributed by atoms with E-state index in [4.69, 9.17) is 5.73 Å². The minimum absolute atomic E-state index is 0. The first kappa shape index (κ1) is 21.0. The summed E-state index contributed by atoms with van der Waals surface area (Å²) in [6, 6.07) is 10.1. The average molecular weight is 335 g/mol. The monoisotopic (exact) mass is 335 g/mol. The van der Waals surface area contributed by atoms with Crippen molar-refractivity contribution < 1.29 is 34.4 Å². The van der Waals surface area contributed by atoms with Crippen LogP contribution in [0.25, 0.3) is 5.73 Å². The number of hydrogen-bond donors (Lipinski definition) is 2. The van der Waals surface area contributed by atoms with Crippen LogP contribution in [0.15, 0.2) is 54.3 Å². The maximum atomic E-state index is 12.5. The smallest absolute Gasteiger partial charge is 0.701 e. The van der Waals surface area contributed by atoms with Gasteiger partial charge in [-0.3, -0.25) is 4.79 Å². The van der Waals surface area contributed by atoms with Crippen LogP contribution in [0.5, 0.6) is 0 Å². The van der Waals surface area contributed by atoms with Gasteiger partial charge in [0.2, 0.25) is 5.91 Å². The SMILES string of the molecule is C=CCCCCC(NC(=O)C1=C([NH-])CNCC1)c1ccccc1.[Na+]. The second-order valence-electron chi connectivity index (χ2n) is 5.89. The van der Waals surface area contributed by atoms with Gasteiger partial charge in [-0.15, -0.1) is 12.3 Å². The molecular formula is C19H26N3NaO. The van der Waals surface area contributed by atoms with Gasteiger partial charge in [0.1, 0.15) is 0 Å². The van der Waals surface area contributed by atoms with E-state index >= 15 is 0 Å². The van der Waals surface area contributed by atoms with Crippen molar-refractivity contribution in [3.8, 4) is 0 Å². The fourth-order valence-corrected chi connectivity index (χ4v) is 2.82. The molecule has 1 aromatic rings. The molecule has 1 aliphatic heterocycles. The number of amides is 1. The van der Waals surface area contributed by atoms with Gasteiger partial charge in [0.25, 0.3) is 0 Å². The van der Waals surface area contributed by atoms with Crippen molar-refractivity contribution in [3.05, 3.63) is 65.6 Å². The second-order valence-corrected chi connectivity index (χ2v) is 5.89. The predicted octanol–water partition coefficient (Wildman–Crippen LogP) is 0.894. The van der Waals surface area contributed by atoms with Gasteiger partial charge in [0.15, 0.2) is 0 Å². The molecule has 1 aliphatic rings. The maximum Gasteiger partial charge on any atom is 1.00 e. The van der Waals surface area contributed by atoms with Crippen LogP contribution in [-0.2, 0) is 4.79 Å². The molecule has 1 unspecified atom stereocenters. The molecule has 0 radical (unpaired) electrons. The molecule has 124 valence electrons. The fourth-order valence-electron chi connectivity index (χ4n) is 2.82. The molecule has 1 aromatic carbocycles. The van der Waals surface area contributed by atoms with Crippen molar-refractivity contribution in [1.82, 2.24) is 10.6 Å². The van der Waals surface area contributed by atoms with E-state index in [9.17, 15) is 4.79 Å². The van der Waals surface area contributed by atoms with Gasteiger partial charge in [0.05, 0.1) is 6.04 Å². The summed E-state index contributed by atoms with van der Waals surface area (Å²) >= 11 is 0. The normalized spacial score (nSPS) is 15.3. The van der Waals surface area contributed by atoms with Crippen LogP contribution in [0.1, 0.15) is 43.7 Å². The Bertz CT molecular complexity index is 557. The Kier molecular flexibility index (Phi) is 10.0. The molecule has 0 saturated carbocycles. The molecule has 1 atom stereocenters. The zero-order valence-electron chi connectivity index (χ0n) is 14.6. The number of nitrogens with one attached hydrogen (secondary N) is 3. The number of rotatable bonds is 8. The van der Waals surface area contributed by atoms with Crippen molar-refractivity contribution >= 4 is 5.91 Å². The first-order chi connectivity index (χ1) is 11.2. The van der Waals surface area contributed by atoms with Crippen LogP contribution in [0.3, 0.4) is 0 Å². The molecule has 5 heteroatoms. The summed E-state index contributed by atoms with van der Waals surface area (Å²) in [5, 5.41) is 6.26. The van der Waals surface area contributed by atoms with E-state index in [0.717, 1.165) is 37.8 Å². The Morgan fingerprint density at radius 1 is 1.33 bits per heavy atom. The van der Waals surface area contributed by atoms with Crippen LogP contribution >= 0.6 is 0 Å². The third-order valence-corrected chi connectivity index (χ3v) is 4.15. The molecular weight excluding hydrogens is 309 g/mol. The van der Waals surface area contributed by atoms with E-state index in [-0.39, 0.29) is 41.5 Å². The van der Waals surface area contributed by atoms with E-state index in [1.54, 1.807) is 0 Å². The number of unbranched alkanes of at least 4 members (excludes halogenated alkanes) is 2. The van der Waals surface area contributed by atoms with E-state index in [1.165, 1.54) is 0 Å². The molecule has 0 bridgehead atoms. The number of carbonyl (C=O) groups excluding carboxylic acids is 1. The minimum Gasteiger partial charge on any atom is -0.701 e. The fraction of sp³-hybridized carbons (Fsp3) is 0.421. The van der Waals surface area contributed by atoms with E-state index < -0.39 is 0 Å². The Balaban J connectivity index is 0.00000288. The molecule has 0 aliphatic carbocycles. The second kappa shape index (κ2) is 11.5. The van der Waals surface area contributed by atoms with Crippen LogP contribution in [-0.4, -0.2) is 19.0 Å². The number of allylic oxidation sites excluding steroid dienone is 1. The molecule has 0 saturated heterocycles. The molecule has 1 amide bonds. The predicted molar refractivity (Wildman–Crippen MR) is 94.8 cm³/mol. The first-order valence-corrected chi connectivity index (χ1v) is 8.33. The third kappa shape index (κ3) is 6.44. The van der Waals surface area contributed by atoms with Crippen molar-refractivity contribution in [2.75, 3.05) is 13.1 Å². The molecule has 3 N–H and O–H groups in total. The summed E-state index contributed by atoms with van der Waals surface area (Å²) in [7, 11) is 0. The van der Waals surface area contributed by atoms with Crippen LogP contribution in [0, 0.1) is 0 Å². The summed E-state index contributed by atoms with van der Waals surface area (Å²) < 4.78 is 0. The average Bonchev–Trinajstić information content (AvgIpc) is 2.58. The van der Waals surface area contributed by atoms with Gasteiger partial charge in [-0.25, -0.2) is 0 Å². The first-order valence-electron chi connectivity index (χ1n) is 8.33. The third-order valence-electron chi connectivity index (χ3n) is 4.15. The van der Waals surface area contributed by atoms with Gasteiger partial charge >= 0.3 is 29.6 Å². The van der Waals surface area contributed by atoms with Gasteiger partial charge < -0.3 is 16.4 Å². The van der Waals surface area contributed by atoms with Crippen LogP contribution in [0.2, 0.25) is 0 Å². The summed E-state index contributed by atoms with van der Waals surface area (Å²) in [5.41, 5.74) is 10.1.